The SMILES string of the molecule is CC(=O)CC(=O)NCc1cnc2ccccc2c1. The Morgan fingerprint density at radius 2 is 2.06 bits per heavy atom. The van der Waals surface area contributed by atoms with Gasteiger partial charge in [-0.2, -0.15) is 0 Å². The Labute approximate surface area is 105 Å². The molecule has 0 saturated carbocycles. The zero-order valence-electron chi connectivity index (χ0n) is 10.1. The fraction of sp³-hybridized carbons (Fsp3) is 0.214. The van der Waals surface area contributed by atoms with Gasteiger partial charge in [-0.05, 0) is 24.6 Å². The summed E-state index contributed by atoms with van der Waals surface area (Å²) < 4.78 is 0. The number of Topliss-reactive ketones (excluding diaryl/α,β-unsaturated/α-hetero) is 1. The van der Waals surface area contributed by atoms with Crippen LogP contribution in [0.4, 0.5) is 0 Å². The van der Waals surface area contributed by atoms with Crippen molar-refractivity contribution < 1.29 is 9.59 Å². The van der Waals surface area contributed by atoms with Gasteiger partial charge in [0, 0.05) is 18.1 Å². The van der Waals surface area contributed by atoms with Crippen molar-refractivity contribution in [3.63, 3.8) is 0 Å². The highest BCUT2D eigenvalue weighted by Gasteiger charge is 2.04. The van der Waals surface area contributed by atoms with Gasteiger partial charge in [0.25, 0.3) is 0 Å². The van der Waals surface area contributed by atoms with E-state index in [1.54, 1.807) is 6.20 Å². The first-order valence-corrected chi connectivity index (χ1v) is 5.75. The summed E-state index contributed by atoms with van der Waals surface area (Å²) in [6, 6.07) is 9.78. The number of carbonyl (C=O) groups excluding carboxylic acids is 2. The minimum atomic E-state index is -0.254. The maximum atomic E-state index is 11.3. The Morgan fingerprint density at radius 3 is 2.83 bits per heavy atom. The van der Waals surface area contributed by atoms with Crippen LogP contribution in [0.2, 0.25) is 0 Å². The second kappa shape index (κ2) is 5.40. The monoisotopic (exact) mass is 242 g/mol. The van der Waals surface area contributed by atoms with Crippen molar-refractivity contribution in [2.24, 2.45) is 0 Å². The van der Waals surface area contributed by atoms with Crippen molar-refractivity contribution in [2.75, 3.05) is 0 Å². The molecule has 0 spiro atoms. The molecule has 4 nitrogen and oxygen atoms in total. The molecule has 1 N–H and O–H groups in total. The van der Waals surface area contributed by atoms with Gasteiger partial charge < -0.3 is 5.32 Å². The number of amides is 1. The maximum absolute atomic E-state index is 11.3. The molecule has 0 atom stereocenters. The lowest BCUT2D eigenvalue weighted by molar-refractivity contribution is -0.127. The zero-order valence-corrected chi connectivity index (χ0v) is 10.1. The molecule has 2 rings (SSSR count). The number of benzene rings is 1. The number of nitrogens with one attached hydrogen (secondary N) is 1. The molecule has 1 heterocycles. The number of aromatic nitrogens is 1. The number of nitrogens with zero attached hydrogens (tertiary/aromatic N) is 1. The van der Waals surface area contributed by atoms with Crippen molar-refractivity contribution in [1.82, 2.24) is 10.3 Å². The van der Waals surface area contributed by atoms with E-state index in [4.69, 9.17) is 0 Å². The zero-order chi connectivity index (χ0) is 13.0. The number of fused-ring (bicyclic) bond motifs is 1. The summed E-state index contributed by atoms with van der Waals surface area (Å²) in [4.78, 5) is 26.4. The number of pyridine rings is 1. The minimum absolute atomic E-state index is 0.0684. The Bertz CT molecular complexity index is 593. The number of ketones is 1. The number of rotatable bonds is 4. The number of para-hydroxylation sites is 1. The van der Waals surface area contributed by atoms with E-state index in [0.717, 1.165) is 16.5 Å². The van der Waals surface area contributed by atoms with Crippen LogP contribution in [-0.2, 0) is 16.1 Å². The first-order chi connectivity index (χ1) is 8.65. The van der Waals surface area contributed by atoms with Crippen LogP contribution in [0.1, 0.15) is 18.9 Å². The van der Waals surface area contributed by atoms with E-state index in [1.165, 1.54) is 6.92 Å². The van der Waals surface area contributed by atoms with Gasteiger partial charge >= 0.3 is 0 Å². The third-order valence-corrected chi connectivity index (χ3v) is 2.55. The molecule has 0 radical (unpaired) electrons. The van der Waals surface area contributed by atoms with E-state index in [1.807, 2.05) is 30.3 Å². The summed E-state index contributed by atoms with van der Waals surface area (Å²) in [7, 11) is 0. The van der Waals surface area contributed by atoms with Crippen molar-refractivity contribution in [1.29, 1.82) is 0 Å². The molecule has 0 aliphatic heterocycles. The normalized spacial score (nSPS) is 10.3. The average molecular weight is 242 g/mol. The first kappa shape index (κ1) is 12.2. The molecule has 2 aromatic rings. The number of hydrogen-bond donors (Lipinski definition) is 1. The quantitative estimate of drug-likeness (QED) is 0.832. The van der Waals surface area contributed by atoms with E-state index in [9.17, 15) is 9.59 Å². The van der Waals surface area contributed by atoms with E-state index in [-0.39, 0.29) is 18.1 Å². The Hall–Kier alpha value is -2.23. The van der Waals surface area contributed by atoms with Crippen molar-refractivity contribution in [3.05, 3.63) is 42.1 Å². The molecule has 0 fully saturated rings. The first-order valence-electron chi connectivity index (χ1n) is 5.75. The predicted octanol–water partition coefficient (Wildman–Crippen LogP) is 1.83. The topological polar surface area (TPSA) is 59.1 Å². The van der Waals surface area contributed by atoms with Crippen LogP contribution in [0.15, 0.2) is 36.5 Å². The molecule has 0 aliphatic carbocycles. The minimum Gasteiger partial charge on any atom is -0.352 e. The molecule has 4 heteroatoms. The summed E-state index contributed by atoms with van der Waals surface area (Å²) in [5.41, 5.74) is 1.85. The molecule has 0 unspecified atom stereocenters. The summed E-state index contributed by atoms with van der Waals surface area (Å²) in [5, 5.41) is 3.73. The van der Waals surface area contributed by atoms with Gasteiger partial charge in [0.05, 0.1) is 11.9 Å². The van der Waals surface area contributed by atoms with Crippen LogP contribution < -0.4 is 5.32 Å². The van der Waals surface area contributed by atoms with E-state index >= 15 is 0 Å². The van der Waals surface area contributed by atoms with Gasteiger partial charge in [0.2, 0.25) is 5.91 Å². The van der Waals surface area contributed by atoms with E-state index in [2.05, 4.69) is 10.3 Å². The molecule has 1 aromatic heterocycles. The van der Waals surface area contributed by atoms with Crippen LogP contribution in [0, 0.1) is 0 Å². The molecule has 0 saturated heterocycles. The summed E-state index contributed by atoms with van der Waals surface area (Å²) >= 11 is 0. The Kier molecular flexibility index (Phi) is 3.67. The summed E-state index contributed by atoms with van der Waals surface area (Å²) in [6.07, 6.45) is 1.66. The molecular weight excluding hydrogens is 228 g/mol. The van der Waals surface area contributed by atoms with Gasteiger partial charge in [-0.3, -0.25) is 14.6 Å². The van der Waals surface area contributed by atoms with Crippen molar-refractivity contribution in [3.8, 4) is 0 Å². The smallest absolute Gasteiger partial charge is 0.227 e. The summed E-state index contributed by atoms with van der Waals surface area (Å²) in [5.74, 6) is -0.389. The van der Waals surface area contributed by atoms with Crippen molar-refractivity contribution >= 4 is 22.6 Å². The average Bonchev–Trinajstić information content (AvgIpc) is 2.35. The highest BCUT2D eigenvalue weighted by molar-refractivity contribution is 5.96. The van der Waals surface area contributed by atoms with E-state index < -0.39 is 0 Å². The third-order valence-electron chi connectivity index (χ3n) is 2.55. The van der Waals surface area contributed by atoms with Crippen LogP contribution in [-0.4, -0.2) is 16.7 Å². The predicted molar refractivity (Wildman–Crippen MR) is 68.9 cm³/mol. The van der Waals surface area contributed by atoms with Crippen molar-refractivity contribution in [2.45, 2.75) is 19.9 Å². The van der Waals surface area contributed by atoms with Crippen LogP contribution >= 0.6 is 0 Å². The lowest BCUT2D eigenvalue weighted by Gasteiger charge is -2.05. The lowest BCUT2D eigenvalue weighted by atomic mass is 10.1. The van der Waals surface area contributed by atoms with E-state index in [0.29, 0.717) is 6.54 Å². The number of hydrogen-bond acceptors (Lipinski definition) is 3. The highest BCUT2D eigenvalue weighted by atomic mass is 16.2. The van der Waals surface area contributed by atoms with Gasteiger partial charge in [-0.1, -0.05) is 18.2 Å². The Balaban J connectivity index is 2.04. The molecule has 1 aromatic carbocycles. The highest BCUT2D eigenvalue weighted by Crippen LogP contribution is 2.12. The fourth-order valence-electron chi connectivity index (χ4n) is 1.70. The standard InChI is InChI=1S/C14H14N2O2/c1-10(17)6-14(18)16-9-11-7-12-4-2-3-5-13(12)15-8-11/h2-5,7-8H,6,9H2,1H3,(H,16,18). The molecule has 1 amide bonds. The molecule has 0 aliphatic rings. The van der Waals surface area contributed by atoms with Gasteiger partial charge in [0.1, 0.15) is 5.78 Å². The fourth-order valence-corrected chi connectivity index (χ4v) is 1.70. The van der Waals surface area contributed by atoms with Gasteiger partial charge in [-0.25, -0.2) is 0 Å². The third kappa shape index (κ3) is 3.13. The second-order valence-electron chi connectivity index (χ2n) is 4.19. The van der Waals surface area contributed by atoms with Crippen LogP contribution in [0.25, 0.3) is 10.9 Å². The molecule has 0 bridgehead atoms. The maximum Gasteiger partial charge on any atom is 0.227 e. The largest absolute Gasteiger partial charge is 0.352 e. The second-order valence-corrected chi connectivity index (χ2v) is 4.19. The van der Waals surface area contributed by atoms with Crippen LogP contribution in [0.5, 0.6) is 0 Å². The number of carbonyl (C=O) groups is 2. The molecule has 18 heavy (non-hydrogen) atoms. The van der Waals surface area contributed by atoms with Crippen LogP contribution in [0.3, 0.4) is 0 Å². The van der Waals surface area contributed by atoms with Gasteiger partial charge in [0.15, 0.2) is 0 Å². The molecular formula is C14H14N2O2. The Morgan fingerprint density at radius 1 is 1.28 bits per heavy atom. The lowest BCUT2D eigenvalue weighted by Crippen LogP contribution is -2.24. The molecule has 92 valence electrons. The van der Waals surface area contributed by atoms with Gasteiger partial charge in [-0.15, -0.1) is 0 Å². The summed E-state index contributed by atoms with van der Waals surface area (Å²) in [6.45, 7) is 1.79.